The van der Waals surface area contributed by atoms with E-state index in [4.69, 9.17) is 10.7 Å². The largest absolute Gasteiger partial charge is 0.366 e. The fraction of sp³-hybridized carbons (Fsp3) is 0.471. The van der Waals surface area contributed by atoms with E-state index < -0.39 is 5.91 Å². The van der Waals surface area contributed by atoms with Crippen LogP contribution in [0.1, 0.15) is 53.0 Å². The van der Waals surface area contributed by atoms with Crippen molar-refractivity contribution < 1.29 is 4.79 Å². The number of hydrogen-bond donors (Lipinski definition) is 1. The Balaban J connectivity index is 1.75. The van der Waals surface area contributed by atoms with Gasteiger partial charge >= 0.3 is 0 Å². The summed E-state index contributed by atoms with van der Waals surface area (Å²) < 4.78 is 1.88. The molecule has 0 bridgehead atoms. The molecule has 0 unspecified atom stereocenters. The lowest BCUT2D eigenvalue weighted by atomic mass is 9.96. The van der Waals surface area contributed by atoms with Gasteiger partial charge in [0.15, 0.2) is 0 Å². The van der Waals surface area contributed by atoms with E-state index in [1.165, 1.54) is 32.1 Å². The monoisotopic (exact) mass is 330 g/mol. The first-order chi connectivity index (χ1) is 11.1. The molecule has 1 aromatic heterocycles. The molecule has 2 aromatic rings. The highest BCUT2D eigenvalue weighted by molar-refractivity contribution is 7.08. The lowest BCUT2D eigenvalue weighted by Gasteiger charge is -2.16. The van der Waals surface area contributed by atoms with Gasteiger partial charge in [0.05, 0.1) is 6.04 Å². The number of aromatic nitrogens is 2. The maximum Gasteiger partial charge on any atom is 0.248 e. The molecular weight excluding hydrogens is 308 g/mol. The first-order valence-electron chi connectivity index (χ1n) is 8.07. The van der Waals surface area contributed by atoms with Crippen molar-refractivity contribution in [1.82, 2.24) is 9.78 Å². The standard InChI is InChI=1S/C17H22N4OS/c1-21-17(19-14-5-3-2-4-6-14)23-15(20-21)11-12-7-9-13(10-8-12)16(18)22/h7-10,14H,2-6,11H2,1H3,(H2,18,22). The second kappa shape index (κ2) is 7.08. The molecule has 1 heterocycles. The van der Waals surface area contributed by atoms with Crippen molar-refractivity contribution in [2.45, 2.75) is 44.6 Å². The number of nitrogens with two attached hydrogens (primary N) is 1. The molecule has 3 rings (SSSR count). The quantitative estimate of drug-likeness (QED) is 0.935. The molecule has 1 aromatic carbocycles. The molecule has 0 aliphatic heterocycles. The normalized spacial score (nSPS) is 16.7. The van der Waals surface area contributed by atoms with Crippen LogP contribution in [0.5, 0.6) is 0 Å². The average Bonchev–Trinajstić information content (AvgIpc) is 2.88. The van der Waals surface area contributed by atoms with Gasteiger partial charge in [-0.3, -0.25) is 9.79 Å². The Morgan fingerprint density at radius 3 is 2.65 bits per heavy atom. The van der Waals surface area contributed by atoms with Crippen LogP contribution >= 0.6 is 11.3 Å². The van der Waals surface area contributed by atoms with Gasteiger partial charge < -0.3 is 5.73 Å². The highest BCUT2D eigenvalue weighted by Crippen LogP contribution is 2.20. The number of rotatable bonds is 4. The van der Waals surface area contributed by atoms with Crippen LogP contribution in [0.2, 0.25) is 0 Å². The number of carbonyl (C=O) groups excluding carboxylic acids is 1. The number of primary amides is 1. The fourth-order valence-electron chi connectivity index (χ4n) is 2.91. The van der Waals surface area contributed by atoms with Gasteiger partial charge in [0.2, 0.25) is 10.7 Å². The van der Waals surface area contributed by atoms with E-state index in [0.717, 1.165) is 21.8 Å². The fourth-order valence-corrected chi connectivity index (χ4v) is 3.90. The summed E-state index contributed by atoms with van der Waals surface area (Å²) in [7, 11) is 1.96. The smallest absolute Gasteiger partial charge is 0.248 e. The Bertz CT molecular complexity index is 739. The van der Waals surface area contributed by atoms with E-state index in [9.17, 15) is 4.79 Å². The molecule has 1 saturated carbocycles. The zero-order valence-corrected chi connectivity index (χ0v) is 14.2. The predicted octanol–water partition coefficient (Wildman–Crippen LogP) is 2.40. The maximum atomic E-state index is 11.1. The molecule has 1 aliphatic carbocycles. The number of aryl methyl sites for hydroxylation is 1. The van der Waals surface area contributed by atoms with Gasteiger partial charge in [0, 0.05) is 19.0 Å². The number of hydrogen-bond acceptors (Lipinski definition) is 4. The van der Waals surface area contributed by atoms with Crippen molar-refractivity contribution in [3.05, 3.63) is 45.2 Å². The second-order valence-electron chi connectivity index (χ2n) is 6.06. The Morgan fingerprint density at radius 1 is 1.30 bits per heavy atom. The summed E-state index contributed by atoms with van der Waals surface area (Å²) in [6, 6.07) is 7.84. The van der Waals surface area contributed by atoms with E-state index in [-0.39, 0.29) is 0 Å². The molecule has 23 heavy (non-hydrogen) atoms. The SMILES string of the molecule is Cn1nc(Cc2ccc(C(N)=O)cc2)sc1=NC1CCCCC1. The summed E-state index contributed by atoms with van der Waals surface area (Å²) in [5.41, 5.74) is 6.92. The molecule has 5 nitrogen and oxygen atoms in total. The molecule has 0 radical (unpaired) electrons. The molecule has 1 amide bonds. The Hall–Kier alpha value is -1.95. The highest BCUT2D eigenvalue weighted by atomic mass is 32.1. The Kier molecular flexibility index (Phi) is 4.91. The minimum Gasteiger partial charge on any atom is -0.366 e. The molecule has 0 spiro atoms. The number of amides is 1. The topological polar surface area (TPSA) is 73.3 Å². The van der Waals surface area contributed by atoms with E-state index in [1.807, 2.05) is 23.9 Å². The van der Waals surface area contributed by atoms with Crippen LogP contribution in [-0.2, 0) is 13.5 Å². The van der Waals surface area contributed by atoms with Crippen LogP contribution in [0.3, 0.4) is 0 Å². The number of carbonyl (C=O) groups is 1. The zero-order chi connectivity index (χ0) is 16.2. The third kappa shape index (κ3) is 4.07. The summed E-state index contributed by atoms with van der Waals surface area (Å²) >= 11 is 1.65. The van der Waals surface area contributed by atoms with Crippen molar-refractivity contribution in [3.8, 4) is 0 Å². The third-order valence-electron chi connectivity index (χ3n) is 4.21. The van der Waals surface area contributed by atoms with Crippen molar-refractivity contribution >= 4 is 17.2 Å². The molecule has 1 aliphatic rings. The van der Waals surface area contributed by atoms with Gasteiger partial charge in [-0.05, 0) is 30.5 Å². The van der Waals surface area contributed by atoms with Crippen LogP contribution in [0, 0.1) is 0 Å². The first-order valence-corrected chi connectivity index (χ1v) is 8.89. The average molecular weight is 330 g/mol. The van der Waals surface area contributed by atoms with E-state index in [0.29, 0.717) is 11.6 Å². The number of nitrogens with zero attached hydrogens (tertiary/aromatic N) is 3. The van der Waals surface area contributed by atoms with Crippen molar-refractivity contribution in [3.63, 3.8) is 0 Å². The van der Waals surface area contributed by atoms with Crippen LogP contribution in [-0.4, -0.2) is 21.7 Å². The summed E-state index contributed by atoms with van der Waals surface area (Å²) in [5, 5.41) is 5.61. The third-order valence-corrected chi connectivity index (χ3v) is 5.22. The molecule has 2 N–H and O–H groups in total. The Labute approximate surface area is 139 Å². The van der Waals surface area contributed by atoms with Gasteiger partial charge in [-0.1, -0.05) is 42.7 Å². The van der Waals surface area contributed by atoms with Gasteiger partial charge in [0.25, 0.3) is 0 Å². The summed E-state index contributed by atoms with van der Waals surface area (Å²) in [5.74, 6) is -0.397. The first kappa shape index (κ1) is 15.9. The molecule has 1 fully saturated rings. The molecule has 0 atom stereocenters. The van der Waals surface area contributed by atoms with Crippen molar-refractivity contribution in [1.29, 1.82) is 0 Å². The molecular formula is C17H22N4OS. The predicted molar refractivity (Wildman–Crippen MR) is 91.3 cm³/mol. The molecule has 0 saturated heterocycles. The molecule has 122 valence electrons. The van der Waals surface area contributed by atoms with Gasteiger partial charge in [0.1, 0.15) is 5.01 Å². The lowest BCUT2D eigenvalue weighted by Crippen LogP contribution is -2.18. The highest BCUT2D eigenvalue weighted by Gasteiger charge is 2.13. The van der Waals surface area contributed by atoms with Crippen LogP contribution in [0.4, 0.5) is 0 Å². The van der Waals surface area contributed by atoms with Crippen LogP contribution < -0.4 is 10.5 Å². The Morgan fingerprint density at radius 2 is 2.00 bits per heavy atom. The lowest BCUT2D eigenvalue weighted by molar-refractivity contribution is 0.100. The van der Waals surface area contributed by atoms with Gasteiger partial charge in [-0.2, -0.15) is 5.10 Å². The zero-order valence-electron chi connectivity index (χ0n) is 13.4. The molecule has 6 heteroatoms. The second-order valence-corrected chi connectivity index (χ2v) is 7.10. The van der Waals surface area contributed by atoms with E-state index in [2.05, 4.69) is 5.10 Å². The minimum absolute atomic E-state index is 0.397. The van der Waals surface area contributed by atoms with Gasteiger partial charge in [-0.25, -0.2) is 4.68 Å². The number of benzene rings is 1. The van der Waals surface area contributed by atoms with E-state index in [1.54, 1.807) is 23.5 Å². The summed E-state index contributed by atoms with van der Waals surface area (Å²) in [4.78, 5) is 17.0. The van der Waals surface area contributed by atoms with E-state index >= 15 is 0 Å². The van der Waals surface area contributed by atoms with Crippen LogP contribution in [0.15, 0.2) is 29.3 Å². The maximum absolute atomic E-state index is 11.1. The van der Waals surface area contributed by atoms with Crippen molar-refractivity contribution in [2.24, 2.45) is 17.8 Å². The summed E-state index contributed by atoms with van der Waals surface area (Å²) in [6.07, 6.45) is 7.06. The minimum atomic E-state index is -0.397. The van der Waals surface area contributed by atoms with Crippen molar-refractivity contribution in [2.75, 3.05) is 0 Å². The summed E-state index contributed by atoms with van der Waals surface area (Å²) in [6.45, 7) is 0. The van der Waals surface area contributed by atoms with Crippen LogP contribution in [0.25, 0.3) is 0 Å². The van der Waals surface area contributed by atoms with Gasteiger partial charge in [-0.15, -0.1) is 0 Å².